The third-order valence-electron chi connectivity index (χ3n) is 2.03. The minimum atomic E-state index is 0.0278. The average molecular weight is 203 g/mol. The molecule has 0 aliphatic carbocycles. The van der Waals surface area contributed by atoms with Crippen molar-refractivity contribution in [3.63, 3.8) is 0 Å². The molecule has 80 valence electrons. The van der Waals surface area contributed by atoms with Crippen molar-refractivity contribution < 1.29 is 4.79 Å². The van der Waals surface area contributed by atoms with Gasteiger partial charge in [-0.05, 0) is 32.9 Å². The van der Waals surface area contributed by atoms with Crippen molar-refractivity contribution in [1.82, 2.24) is 0 Å². The molecule has 0 saturated carbocycles. The van der Waals surface area contributed by atoms with Crippen LogP contribution in [-0.4, -0.2) is 5.91 Å². The summed E-state index contributed by atoms with van der Waals surface area (Å²) in [6.07, 6.45) is 2.36. The van der Waals surface area contributed by atoms with Gasteiger partial charge in [0.15, 0.2) is 0 Å². The number of carbonyl (C=O) groups is 1. The minimum Gasteiger partial charge on any atom is -0.326 e. The topological polar surface area (TPSA) is 29.1 Å². The van der Waals surface area contributed by atoms with Crippen molar-refractivity contribution >= 4 is 11.6 Å². The Hall–Kier alpha value is -1.57. The summed E-state index contributed by atoms with van der Waals surface area (Å²) in [5.41, 5.74) is 3.21. The fourth-order valence-electron chi connectivity index (χ4n) is 1.15. The van der Waals surface area contributed by atoms with Gasteiger partial charge >= 0.3 is 0 Å². The van der Waals surface area contributed by atoms with Crippen LogP contribution in [0.5, 0.6) is 0 Å². The number of nitrogens with one attached hydrogen (secondary N) is 1. The second-order valence-corrected chi connectivity index (χ2v) is 3.90. The third-order valence-corrected chi connectivity index (χ3v) is 2.03. The number of rotatable bonds is 3. The van der Waals surface area contributed by atoms with Crippen LogP contribution >= 0.6 is 0 Å². The minimum absolute atomic E-state index is 0.0278. The summed E-state index contributed by atoms with van der Waals surface area (Å²) in [6, 6.07) is 7.79. The number of anilines is 1. The van der Waals surface area contributed by atoms with E-state index >= 15 is 0 Å². The van der Waals surface area contributed by atoms with Gasteiger partial charge in [0.05, 0.1) is 0 Å². The molecule has 0 spiro atoms. The van der Waals surface area contributed by atoms with Crippen molar-refractivity contribution in [2.75, 3.05) is 5.32 Å². The SMILES string of the molecule is CC(C)=CCC(=O)Nc1ccc(C)cc1. The van der Waals surface area contributed by atoms with Crippen molar-refractivity contribution in [1.29, 1.82) is 0 Å². The number of carbonyl (C=O) groups excluding carboxylic acids is 1. The molecule has 0 aromatic heterocycles. The van der Waals surface area contributed by atoms with Crippen LogP contribution in [0.25, 0.3) is 0 Å². The summed E-state index contributed by atoms with van der Waals surface area (Å²) >= 11 is 0. The first-order chi connectivity index (χ1) is 7.08. The Morgan fingerprint density at radius 3 is 2.40 bits per heavy atom. The van der Waals surface area contributed by atoms with Gasteiger partial charge in [0.1, 0.15) is 0 Å². The highest BCUT2D eigenvalue weighted by Gasteiger charge is 1.99. The molecule has 2 nitrogen and oxygen atoms in total. The van der Waals surface area contributed by atoms with E-state index in [0.717, 1.165) is 11.3 Å². The van der Waals surface area contributed by atoms with E-state index in [1.165, 1.54) is 5.56 Å². The van der Waals surface area contributed by atoms with Crippen LogP contribution in [0.2, 0.25) is 0 Å². The van der Waals surface area contributed by atoms with E-state index in [0.29, 0.717) is 6.42 Å². The molecule has 0 bridgehead atoms. The normalized spacial score (nSPS) is 9.53. The average Bonchev–Trinajstić information content (AvgIpc) is 2.19. The third kappa shape index (κ3) is 4.45. The lowest BCUT2D eigenvalue weighted by Gasteiger charge is -2.03. The van der Waals surface area contributed by atoms with Crippen molar-refractivity contribution in [2.24, 2.45) is 0 Å². The van der Waals surface area contributed by atoms with Gasteiger partial charge in [-0.1, -0.05) is 29.3 Å². The summed E-state index contributed by atoms with van der Waals surface area (Å²) < 4.78 is 0. The summed E-state index contributed by atoms with van der Waals surface area (Å²) in [7, 11) is 0. The standard InChI is InChI=1S/C13H17NO/c1-10(2)4-9-13(15)14-12-7-5-11(3)6-8-12/h4-8H,9H2,1-3H3,(H,14,15). The number of hydrogen-bond acceptors (Lipinski definition) is 1. The maximum absolute atomic E-state index is 11.4. The number of amides is 1. The lowest BCUT2D eigenvalue weighted by Crippen LogP contribution is -2.09. The fourth-order valence-corrected chi connectivity index (χ4v) is 1.15. The highest BCUT2D eigenvalue weighted by molar-refractivity contribution is 5.91. The molecular weight excluding hydrogens is 186 g/mol. The molecule has 0 aliphatic heterocycles. The molecule has 0 aliphatic rings. The van der Waals surface area contributed by atoms with Crippen molar-refractivity contribution in [3.05, 3.63) is 41.5 Å². The molecule has 1 rings (SSSR count). The molecule has 0 heterocycles. The van der Waals surface area contributed by atoms with Gasteiger partial charge in [0.25, 0.3) is 0 Å². The molecule has 0 atom stereocenters. The van der Waals surface area contributed by atoms with E-state index in [2.05, 4.69) is 5.32 Å². The monoisotopic (exact) mass is 203 g/mol. The maximum atomic E-state index is 11.4. The van der Waals surface area contributed by atoms with E-state index in [-0.39, 0.29) is 5.91 Å². The van der Waals surface area contributed by atoms with Gasteiger partial charge in [0.2, 0.25) is 5.91 Å². The quantitative estimate of drug-likeness (QED) is 0.750. The first-order valence-corrected chi connectivity index (χ1v) is 5.08. The van der Waals surface area contributed by atoms with E-state index in [1.807, 2.05) is 51.1 Å². The Kier molecular flexibility index (Phi) is 4.10. The predicted molar refractivity (Wildman–Crippen MR) is 63.9 cm³/mol. The Bertz CT molecular complexity index is 359. The van der Waals surface area contributed by atoms with E-state index in [4.69, 9.17) is 0 Å². The molecule has 1 aromatic carbocycles. The molecule has 1 N–H and O–H groups in total. The van der Waals surface area contributed by atoms with Crippen LogP contribution in [0.3, 0.4) is 0 Å². The molecule has 0 unspecified atom stereocenters. The van der Waals surface area contributed by atoms with Crippen LogP contribution in [0.15, 0.2) is 35.9 Å². The number of aryl methyl sites for hydroxylation is 1. The zero-order valence-electron chi connectivity index (χ0n) is 9.50. The highest BCUT2D eigenvalue weighted by Crippen LogP contribution is 2.09. The number of benzene rings is 1. The van der Waals surface area contributed by atoms with E-state index < -0.39 is 0 Å². The summed E-state index contributed by atoms with van der Waals surface area (Å²) in [4.78, 5) is 11.4. The van der Waals surface area contributed by atoms with Gasteiger partial charge in [-0.15, -0.1) is 0 Å². The van der Waals surface area contributed by atoms with Crippen LogP contribution in [-0.2, 0) is 4.79 Å². The second kappa shape index (κ2) is 5.35. The Morgan fingerprint density at radius 2 is 1.87 bits per heavy atom. The Morgan fingerprint density at radius 1 is 1.27 bits per heavy atom. The van der Waals surface area contributed by atoms with E-state index in [9.17, 15) is 4.79 Å². The lowest BCUT2D eigenvalue weighted by atomic mass is 10.2. The molecular formula is C13H17NO. The maximum Gasteiger partial charge on any atom is 0.228 e. The van der Waals surface area contributed by atoms with Gasteiger partial charge in [-0.2, -0.15) is 0 Å². The largest absolute Gasteiger partial charge is 0.326 e. The summed E-state index contributed by atoms with van der Waals surface area (Å²) in [5, 5.41) is 2.84. The van der Waals surface area contributed by atoms with Crippen LogP contribution < -0.4 is 5.32 Å². The first kappa shape index (κ1) is 11.5. The highest BCUT2D eigenvalue weighted by atomic mass is 16.1. The van der Waals surface area contributed by atoms with Crippen molar-refractivity contribution in [2.45, 2.75) is 27.2 Å². The van der Waals surface area contributed by atoms with Crippen LogP contribution in [0.1, 0.15) is 25.8 Å². The van der Waals surface area contributed by atoms with E-state index in [1.54, 1.807) is 0 Å². The molecule has 0 fully saturated rings. The number of allylic oxidation sites excluding steroid dienone is 1. The van der Waals surface area contributed by atoms with Crippen molar-refractivity contribution in [3.8, 4) is 0 Å². The zero-order valence-corrected chi connectivity index (χ0v) is 9.50. The fraction of sp³-hybridized carbons (Fsp3) is 0.308. The number of hydrogen-bond donors (Lipinski definition) is 1. The first-order valence-electron chi connectivity index (χ1n) is 5.08. The van der Waals surface area contributed by atoms with Crippen LogP contribution in [0.4, 0.5) is 5.69 Å². The van der Waals surface area contributed by atoms with Crippen LogP contribution in [0, 0.1) is 6.92 Å². The molecule has 1 aromatic rings. The Balaban J connectivity index is 2.51. The van der Waals surface area contributed by atoms with Gasteiger partial charge in [-0.3, -0.25) is 4.79 Å². The van der Waals surface area contributed by atoms with Gasteiger partial charge < -0.3 is 5.32 Å². The Labute approximate surface area is 91.0 Å². The van der Waals surface area contributed by atoms with Gasteiger partial charge in [-0.25, -0.2) is 0 Å². The van der Waals surface area contributed by atoms with Gasteiger partial charge in [0, 0.05) is 12.1 Å². The predicted octanol–water partition coefficient (Wildman–Crippen LogP) is 3.29. The smallest absolute Gasteiger partial charge is 0.228 e. The zero-order chi connectivity index (χ0) is 11.3. The molecule has 15 heavy (non-hydrogen) atoms. The molecule has 0 saturated heterocycles. The second-order valence-electron chi connectivity index (χ2n) is 3.90. The summed E-state index contributed by atoms with van der Waals surface area (Å²) in [5.74, 6) is 0.0278. The summed E-state index contributed by atoms with van der Waals surface area (Å²) in [6.45, 7) is 5.99. The molecule has 0 radical (unpaired) electrons. The molecule has 1 amide bonds. The molecule has 2 heteroatoms. The lowest BCUT2D eigenvalue weighted by molar-refractivity contribution is -0.115.